The largest absolute Gasteiger partial charge is 0.325 e. The number of nitro benzene ring substituents is 1. The van der Waals surface area contributed by atoms with Gasteiger partial charge in [0.1, 0.15) is 5.52 Å². The van der Waals surface area contributed by atoms with Crippen molar-refractivity contribution in [3.8, 4) is 0 Å². The second-order valence-electron chi connectivity index (χ2n) is 5.72. The number of pyridine rings is 1. The molecule has 0 bridgehead atoms. The molecular formula is C16H18N4O3. The number of likely N-dealkylation sites (tertiary alicyclic amines) is 1. The molecule has 0 spiro atoms. The number of urea groups is 1. The van der Waals surface area contributed by atoms with E-state index < -0.39 is 4.92 Å². The van der Waals surface area contributed by atoms with Crippen LogP contribution in [0.5, 0.6) is 0 Å². The van der Waals surface area contributed by atoms with E-state index >= 15 is 0 Å². The number of aryl methyl sites for hydroxylation is 1. The van der Waals surface area contributed by atoms with Crippen LogP contribution in [0, 0.1) is 17.0 Å². The second-order valence-corrected chi connectivity index (χ2v) is 5.72. The molecule has 0 saturated carbocycles. The van der Waals surface area contributed by atoms with E-state index in [2.05, 4.69) is 10.3 Å². The van der Waals surface area contributed by atoms with Crippen LogP contribution < -0.4 is 5.32 Å². The van der Waals surface area contributed by atoms with Crippen LogP contribution in [-0.4, -0.2) is 33.9 Å². The first-order valence-electron chi connectivity index (χ1n) is 7.66. The lowest BCUT2D eigenvalue weighted by Crippen LogP contribution is -2.38. The van der Waals surface area contributed by atoms with Crippen molar-refractivity contribution < 1.29 is 9.72 Å². The maximum atomic E-state index is 12.4. The molecule has 1 aromatic carbocycles. The van der Waals surface area contributed by atoms with Gasteiger partial charge in [-0.05, 0) is 31.7 Å². The summed E-state index contributed by atoms with van der Waals surface area (Å²) in [6.07, 6.45) is 4.72. The van der Waals surface area contributed by atoms with E-state index in [1.807, 2.05) is 6.92 Å². The molecule has 0 atom stereocenters. The van der Waals surface area contributed by atoms with E-state index in [0.717, 1.165) is 37.9 Å². The molecule has 23 heavy (non-hydrogen) atoms. The summed E-state index contributed by atoms with van der Waals surface area (Å²) >= 11 is 0. The zero-order valence-corrected chi connectivity index (χ0v) is 12.9. The summed E-state index contributed by atoms with van der Waals surface area (Å²) < 4.78 is 0. The number of anilines is 1. The predicted octanol–water partition coefficient (Wildman–Crippen LogP) is 3.47. The molecule has 0 unspecified atom stereocenters. The summed E-state index contributed by atoms with van der Waals surface area (Å²) in [6, 6.07) is 4.61. The molecule has 1 fully saturated rings. The summed E-state index contributed by atoms with van der Waals surface area (Å²) in [7, 11) is 0. The van der Waals surface area contributed by atoms with Gasteiger partial charge < -0.3 is 10.2 Å². The number of fused-ring (bicyclic) bond motifs is 1. The molecule has 0 aliphatic carbocycles. The van der Waals surface area contributed by atoms with Crippen LogP contribution >= 0.6 is 0 Å². The lowest BCUT2D eigenvalue weighted by molar-refractivity contribution is -0.383. The second kappa shape index (κ2) is 6.20. The number of carbonyl (C=O) groups excluding carboxylic acids is 1. The molecule has 2 amide bonds. The highest BCUT2D eigenvalue weighted by molar-refractivity contribution is 6.03. The molecule has 1 N–H and O–H groups in total. The number of hydrogen-bond donors (Lipinski definition) is 1. The minimum absolute atomic E-state index is 0.0593. The van der Waals surface area contributed by atoms with Crippen molar-refractivity contribution in [2.75, 3.05) is 18.4 Å². The predicted molar refractivity (Wildman–Crippen MR) is 87.6 cm³/mol. The molecule has 3 rings (SSSR count). The maximum absolute atomic E-state index is 12.4. The highest BCUT2D eigenvalue weighted by Gasteiger charge is 2.20. The van der Waals surface area contributed by atoms with Gasteiger partial charge in [-0.1, -0.05) is 12.1 Å². The van der Waals surface area contributed by atoms with E-state index in [4.69, 9.17) is 0 Å². The zero-order valence-electron chi connectivity index (χ0n) is 12.9. The smallest absolute Gasteiger partial charge is 0.321 e. The van der Waals surface area contributed by atoms with Gasteiger partial charge >= 0.3 is 6.03 Å². The van der Waals surface area contributed by atoms with E-state index in [1.165, 1.54) is 6.07 Å². The Kier molecular flexibility index (Phi) is 4.10. The van der Waals surface area contributed by atoms with Gasteiger partial charge in [-0.3, -0.25) is 10.1 Å². The van der Waals surface area contributed by atoms with Crippen LogP contribution in [0.3, 0.4) is 0 Å². The monoisotopic (exact) mass is 314 g/mol. The van der Waals surface area contributed by atoms with E-state index in [9.17, 15) is 14.9 Å². The Balaban J connectivity index is 1.99. The van der Waals surface area contributed by atoms with Crippen molar-refractivity contribution in [1.29, 1.82) is 0 Å². The number of carbonyl (C=O) groups is 1. The minimum Gasteiger partial charge on any atom is -0.325 e. The van der Waals surface area contributed by atoms with Crippen LogP contribution in [-0.2, 0) is 0 Å². The number of nitrogens with zero attached hydrogens (tertiary/aromatic N) is 3. The Bertz CT molecular complexity index is 769. The van der Waals surface area contributed by atoms with Crippen molar-refractivity contribution in [3.63, 3.8) is 0 Å². The van der Waals surface area contributed by atoms with E-state index in [0.29, 0.717) is 11.1 Å². The Morgan fingerprint density at radius 1 is 1.30 bits per heavy atom. The number of piperidine rings is 1. The number of nitrogens with one attached hydrogen (secondary N) is 1. The first-order valence-corrected chi connectivity index (χ1v) is 7.66. The van der Waals surface area contributed by atoms with Gasteiger partial charge in [-0.15, -0.1) is 0 Å². The van der Waals surface area contributed by atoms with Crippen LogP contribution in [0.1, 0.15) is 24.8 Å². The van der Waals surface area contributed by atoms with Crippen molar-refractivity contribution in [1.82, 2.24) is 9.88 Å². The highest BCUT2D eigenvalue weighted by Crippen LogP contribution is 2.31. The number of non-ortho nitro benzene ring substituents is 1. The molecule has 120 valence electrons. The molecule has 1 aromatic heterocycles. The standard InChI is InChI=1S/C16H18N4O3/c1-11-10-17-15-12(6-5-7-13(15)20(22)23)14(11)18-16(21)19-8-3-2-4-9-19/h5-7,10H,2-4,8-9H2,1H3,(H,17,18,21). The fourth-order valence-corrected chi connectivity index (χ4v) is 2.90. The summed E-state index contributed by atoms with van der Waals surface area (Å²) in [5, 5.41) is 14.7. The number of rotatable bonds is 2. The fraction of sp³-hybridized carbons (Fsp3) is 0.375. The van der Waals surface area contributed by atoms with Crippen LogP contribution in [0.2, 0.25) is 0 Å². The van der Waals surface area contributed by atoms with Crippen molar-refractivity contribution in [2.45, 2.75) is 26.2 Å². The molecule has 1 saturated heterocycles. The minimum atomic E-state index is -0.457. The van der Waals surface area contributed by atoms with Crippen molar-refractivity contribution in [3.05, 3.63) is 40.1 Å². The average Bonchev–Trinajstić information content (AvgIpc) is 2.57. The summed E-state index contributed by atoms with van der Waals surface area (Å²) in [5.74, 6) is 0. The Morgan fingerprint density at radius 2 is 2.04 bits per heavy atom. The van der Waals surface area contributed by atoms with Gasteiger partial charge in [0.25, 0.3) is 5.69 Å². The topological polar surface area (TPSA) is 88.4 Å². The van der Waals surface area contributed by atoms with Gasteiger partial charge in [-0.2, -0.15) is 0 Å². The van der Waals surface area contributed by atoms with Gasteiger partial charge in [-0.25, -0.2) is 9.78 Å². The van der Waals surface area contributed by atoms with E-state index in [1.54, 1.807) is 23.2 Å². The third-order valence-electron chi connectivity index (χ3n) is 4.14. The number of benzene rings is 1. The first-order chi connectivity index (χ1) is 11.1. The molecule has 7 nitrogen and oxygen atoms in total. The molecule has 7 heteroatoms. The molecule has 0 radical (unpaired) electrons. The first kappa shape index (κ1) is 15.2. The molecule has 1 aliphatic rings. The van der Waals surface area contributed by atoms with Gasteiger partial charge in [0.15, 0.2) is 0 Å². The van der Waals surface area contributed by atoms with Crippen LogP contribution in [0.15, 0.2) is 24.4 Å². The Labute approximate surface area is 133 Å². The lowest BCUT2D eigenvalue weighted by atomic mass is 10.1. The van der Waals surface area contributed by atoms with Gasteiger partial charge in [0.2, 0.25) is 0 Å². The number of amides is 2. The summed E-state index contributed by atoms with van der Waals surface area (Å²) in [6.45, 7) is 3.32. The highest BCUT2D eigenvalue weighted by atomic mass is 16.6. The Morgan fingerprint density at radius 3 is 2.74 bits per heavy atom. The number of para-hydroxylation sites is 1. The zero-order chi connectivity index (χ0) is 16.4. The van der Waals surface area contributed by atoms with Gasteiger partial charge in [0, 0.05) is 30.7 Å². The summed E-state index contributed by atoms with van der Waals surface area (Å²) in [4.78, 5) is 29.1. The maximum Gasteiger partial charge on any atom is 0.321 e. The Hall–Kier alpha value is -2.70. The SMILES string of the molecule is Cc1cnc2c([N+](=O)[O-])cccc2c1NC(=O)N1CCCCC1. The molecule has 1 aliphatic heterocycles. The van der Waals surface area contributed by atoms with Gasteiger partial charge in [0.05, 0.1) is 10.6 Å². The molecule has 2 aromatic rings. The van der Waals surface area contributed by atoms with E-state index in [-0.39, 0.29) is 17.2 Å². The third kappa shape index (κ3) is 2.94. The van der Waals surface area contributed by atoms with Crippen LogP contribution in [0.25, 0.3) is 10.9 Å². The summed E-state index contributed by atoms with van der Waals surface area (Å²) in [5.41, 5.74) is 1.60. The number of hydrogen-bond acceptors (Lipinski definition) is 4. The normalized spacial score (nSPS) is 14.7. The number of nitro groups is 1. The fourth-order valence-electron chi connectivity index (χ4n) is 2.90. The van der Waals surface area contributed by atoms with Crippen molar-refractivity contribution in [2.24, 2.45) is 0 Å². The van der Waals surface area contributed by atoms with Crippen LogP contribution in [0.4, 0.5) is 16.2 Å². The molecule has 2 heterocycles. The lowest BCUT2D eigenvalue weighted by Gasteiger charge is -2.27. The number of aromatic nitrogens is 1. The molecular weight excluding hydrogens is 296 g/mol. The average molecular weight is 314 g/mol. The third-order valence-corrected chi connectivity index (χ3v) is 4.14. The van der Waals surface area contributed by atoms with Crippen molar-refractivity contribution >= 4 is 28.3 Å². The quantitative estimate of drug-likeness (QED) is 0.679.